The molecule has 0 spiro atoms. The minimum Gasteiger partial charge on any atom is -0.497 e. The van der Waals surface area contributed by atoms with E-state index < -0.39 is 0 Å². The molecule has 0 saturated heterocycles. The highest BCUT2D eigenvalue weighted by Gasteiger charge is 2.46. The van der Waals surface area contributed by atoms with Crippen molar-refractivity contribution >= 4 is 44.9 Å². The molecule has 8 heteroatoms. The summed E-state index contributed by atoms with van der Waals surface area (Å²) in [6, 6.07) is 7.66. The molecule has 1 aromatic heterocycles. The van der Waals surface area contributed by atoms with Crippen LogP contribution in [0.5, 0.6) is 5.75 Å². The number of nitrogens with zero attached hydrogens (tertiary/aromatic N) is 3. The minimum atomic E-state index is -0.331. The van der Waals surface area contributed by atoms with E-state index >= 15 is 0 Å². The van der Waals surface area contributed by atoms with E-state index in [1.807, 2.05) is 29.2 Å². The van der Waals surface area contributed by atoms with Gasteiger partial charge in [0.05, 0.1) is 12.7 Å². The van der Waals surface area contributed by atoms with Crippen molar-refractivity contribution in [3.63, 3.8) is 0 Å². The molecule has 0 fully saturated rings. The van der Waals surface area contributed by atoms with Gasteiger partial charge in [-0.05, 0) is 61.3 Å². The van der Waals surface area contributed by atoms with Gasteiger partial charge >= 0.3 is 0 Å². The van der Waals surface area contributed by atoms with Gasteiger partial charge in [-0.2, -0.15) is 5.10 Å². The highest BCUT2D eigenvalue weighted by molar-refractivity contribution is 8.14. The number of thiophene rings is 1. The van der Waals surface area contributed by atoms with Crippen molar-refractivity contribution in [3.8, 4) is 5.75 Å². The van der Waals surface area contributed by atoms with Crippen molar-refractivity contribution in [2.75, 3.05) is 22.7 Å². The van der Waals surface area contributed by atoms with Gasteiger partial charge in [0, 0.05) is 10.6 Å². The quantitative estimate of drug-likeness (QED) is 0.822. The Morgan fingerprint density at radius 3 is 2.79 bits per heavy atom. The van der Waals surface area contributed by atoms with E-state index in [0.29, 0.717) is 0 Å². The lowest BCUT2D eigenvalue weighted by Gasteiger charge is -2.39. The topological polar surface area (TPSA) is 57.2 Å². The average molecular weight is 415 g/mol. The summed E-state index contributed by atoms with van der Waals surface area (Å²) in [6.07, 6.45) is 4.08. The fraction of sp³-hybridized carbons (Fsp3) is 0.400. The molecule has 1 unspecified atom stereocenters. The van der Waals surface area contributed by atoms with Crippen LogP contribution >= 0.6 is 23.1 Å². The first-order valence-corrected chi connectivity index (χ1v) is 11.4. The van der Waals surface area contributed by atoms with E-state index in [9.17, 15) is 4.79 Å². The number of carbonyl (C=O) groups is 1. The molecule has 0 bridgehead atoms. The Bertz CT molecular complexity index is 954. The first-order valence-electron chi connectivity index (χ1n) is 9.60. The molecule has 5 rings (SSSR count). The first kappa shape index (κ1) is 17.9. The van der Waals surface area contributed by atoms with E-state index in [0.717, 1.165) is 52.2 Å². The molecule has 0 radical (unpaired) electrons. The van der Waals surface area contributed by atoms with Gasteiger partial charge in [-0.1, -0.05) is 18.7 Å². The SMILES string of the molecule is CCSC1=NNC2N(c3ccc(OC)cc3)C(=O)c3c(sc4c3CCCC4)N12. The molecule has 0 saturated carbocycles. The maximum absolute atomic E-state index is 13.7. The van der Waals surface area contributed by atoms with Crippen LogP contribution in [0, 0.1) is 0 Å². The molecule has 1 aliphatic carbocycles. The van der Waals surface area contributed by atoms with Gasteiger partial charge in [-0.25, -0.2) is 0 Å². The number of amides is 1. The Morgan fingerprint density at radius 2 is 2.04 bits per heavy atom. The van der Waals surface area contributed by atoms with Crippen molar-refractivity contribution in [3.05, 3.63) is 40.3 Å². The van der Waals surface area contributed by atoms with Crippen LogP contribution in [0.1, 0.15) is 40.6 Å². The normalized spacial score (nSPS) is 20.3. The van der Waals surface area contributed by atoms with Crippen molar-refractivity contribution in [2.45, 2.75) is 38.9 Å². The van der Waals surface area contributed by atoms with Crippen LogP contribution < -0.4 is 20.0 Å². The minimum absolute atomic E-state index is 0.0614. The Kier molecular flexibility index (Phi) is 4.47. The molecule has 1 aromatic carbocycles. The second kappa shape index (κ2) is 7.00. The number of rotatable bonds is 3. The lowest BCUT2D eigenvalue weighted by molar-refractivity contribution is 0.0968. The van der Waals surface area contributed by atoms with Crippen LogP contribution in [0.2, 0.25) is 0 Å². The number of aryl methyl sites for hydroxylation is 1. The monoisotopic (exact) mass is 414 g/mol. The van der Waals surface area contributed by atoms with Crippen LogP contribution in [0.15, 0.2) is 29.4 Å². The summed E-state index contributed by atoms with van der Waals surface area (Å²) in [6.45, 7) is 2.12. The Morgan fingerprint density at radius 1 is 1.25 bits per heavy atom. The Labute approximate surface area is 172 Å². The predicted octanol–water partition coefficient (Wildman–Crippen LogP) is 4.01. The molecular formula is C20H22N4O2S2. The molecule has 3 aliphatic rings. The van der Waals surface area contributed by atoms with Crippen LogP contribution in [0.3, 0.4) is 0 Å². The predicted molar refractivity (Wildman–Crippen MR) is 116 cm³/mol. The van der Waals surface area contributed by atoms with E-state index in [1.54, 1.807) is 30.2 Å². The summed E-state index contributed by atoms with van der Waals surface area (Å²) >= 11 is 3.48. The maximum Gasteiger partial charge on any atom is 0.264 e. The first-order chi connectivity index (χ1) is 13.7. The number of anilines is 2. The second-order valence-electron chi connectivity index (χ2n) is 6.96. The van der Waals surface area contributed by atoms with Crippen molar-refractivity contribution in [2.24, 2.45) is 5.10 Å². The van der Waals surface area contributed by atoms with Crippen LogP contribution in [-0.4, -0.2) is 30.2 Å². The maximum atomic E-state index is 13.7. The zero-order valence-electron chi connectivity index (χ0n) is 15.9. The summed E-state index contributed by atoms with van der Waals surface area (Å²) in [5, 5.41) is 6.54. The number of benzene rings is 1. The molecular weight excluding hydrogens is 392 g/mol. The summed E-state index contributed by atoms with van der Waals surface area (Å²) in [5.41, 5.74) is 6.16. The number of thioether (sulfide) groups is 1. The van der Waals surface area contributed by atoms with Crippen molar-refractivity contribution in [1.29, 1.82) is 0 Å². The van der Waals surface area contributed by atoms with Crippen LogP contribution in [0.4, 0.5) is 10.7 Å². The van der Waals surface area contributed by atoms with Gasteiger partial charge in [0.1, 0.15) is 10.8 Å². The van der Waals surface area contributed by atoms with Crippen LogP contribution in [0.25, 0.3) is 0 Å². The van der Waals surface area contributed by atoms with Gasteiger partial charge in [-0.15, -0.1) is 11.3 Å². The number of amidine groups is 1. The molecule has 1 amide bonds. The fourth-order valence-electron chi connectivity index (χ4n) is 4.11. The zero-order chi connectivity index (χ0) is 19.3. The third kappa shape index (κ3) is 2.62. The third-order valence-corrected chi connectivity index (χ3v) is 7.53. The largest absolute Gasteiger partial charge is 0.497 e. The molecule has 6 nitrogen and oxygen atoms in total. The van der Waals surface area contributed by atoms with Crippen molar-refractivity contribution < 1.29 is 9.53 Å². The number of nitrogens with one attached hydrogen (secondary N) is 1. The van der Waals surface area contributed by atoms with Gasteiger partial charge < -0.3 is 4.74 Å². The highest BCUT2D eigenvalue weighted by atomic mass is 32.2. The van der Waals surface area contributed by atoms with E-state index in [-0.39, 0.29) is 12.2 Å². The summed E-state index contributed by atoms with van der Waals surface area (Å²) in [5.74, 6) is 1.77. The number of fused-ring (bicyclic) bond motifs is 5. The molecule has 3 heterocycles. The molecule has 2 aromatic rings. The molecule has 1 atom stereocenters. The van der Waals surface area contributed by atoms with Gasteiger partial charge in [-0.3, -0.25) is 20.0 Å². The molecule has 1 N–H and O–H groups in total. The van der Waals surface area contributed by atoms with Gasteiger partial charge in [0.25, 0.3) is 5.91 Å². The number of ether oxygens (including phenoxy) is 1. The van der Waals surface area contributed by atoms with Gasteiger partial charge in [0.15, 0.2) is 5.17 Å². The van der Waals surface area contributed by atoms with E-state index in [4.69, 9.17) is 4.74 Å². The zero-order valence-corrected chi connectivity index (χ0v) is 17.5. The van der Waals surface area contributed by atoms with E-state index in [1.165, 1.54) is 16.9 Å². The highest BCUT2D eigenvalue weighted by Crippen LogP contribution is 2.47. The molecule has 28 heavy (non-hydrogen) atoms. The lowest BCUT2D eigenvalue weighted by atomic mass is 9.94. The summed E-state index contributed by atoms with van der Waals surface area (Å²) < 4.78 is 5.28. The third-order valence-electron chi connectivity index (χ3n) is 5.40. The standard InChI is InChI=1S/C20H22N4O2S2/c1-3-27-20-22-21-19-23(12-8-10-13(26-2)11-9-12)17(25)16-14-6-4-5-7-15(14)28-18(16)24(19)20/h8-11,19,21H,3-7H2,1-2H3. The van der Waals surface area contributed by atoms with Crippen LogP contribution in [-0.2, 0) is 12.8 Å². The Hall–Kier alpha value is -2.19. The lowest BCUT2D eigenvalue weighted by Crippen LogP contribution is -2.58. The molecule has 2 aliphatic heterocycles. The summed E-state index contributed by atoms with van der Waals surface area (Å²) in [7, 11) is 1.65. The average Bonchev–Trinajstić information content (AvgIpc) is 3.30. The fourth-order valence-corrected chi connectivity index (χ4v) is 6.27. The van der Waals surface area contributed by atoms with Crippen molar-refractivity contribution in [1.82, 2.24) is 5.43 Å². The molecule has 146 valence electrons. The van der Waals surface area contributed by atoms with E-state index in [2.05, 4.69) is 22.4 Å². The second-order valence-corrected chi connectivity index (χ2v) is 9.28. The smallest absolute Gasteiger partial charge is 0.264 e. The number of carbonyl (C=O) groups excluding carboxylic acids is 1. The Balaban J connectivity index is 1.64. The number of hydrogen-bond acceptors (Lipinski definition) is 7. The summed E-state index contributed by atoms with van der Waals surface area (Å²) in [4.78, 5) is 19.1. The number of methoxy groups -OCH3 is 1. The number of hydrazone groups is 1. The van der Waals surface area contributed by atoms with Gasteiger partial charge in [0.2, 0.25) is 6.29 Å². The number of hydrogen-bond donors (Lipinski definition) is 1.